The Bertz CT molecular complexity index is 710. The average Bonchev–Trinajstić information content (AvgIpc) is 2.94. The summed E-state index contributed by atoms with van der Waals surface area (Å²) in [6, 6.07) is 14.6. The number of fused-ring (bicyclic) bond motifs is 1. The first-order chi connectivity index (χ1) is 10.6. The quantitative estimate of drug-likeness (QED) is 0.784. The molecule has 0 fully saturated rings. The van der Waals surface area contributed by atoms with Crippen LogP contribution in [0.15, 0.2) is 47.4 Å². The van der Waals surface area contributed by atoms with E-state index in [1.165, 1.54) is 16.7 Å². The molecule has 114 valence electrons. The third-order valence-electron chi connectivity index (χ3n) is 4.29. The lowest BCUT2D eigenvalue weighted by Crippen LogP contribution is -2.35. The van der Waals surface area contributed by atoms with Gasteiger partial charge >= 0.3 is 0 Å². The second-order valence-corrected chi connectivity index (χ2v) is 7.29. The van der Waals surface area contributed by atoms with Gasteiger partial charge in [-0.05, 0) is 62.1 Å². The predicted octanol–water partition coefficient (Wildman–Crippen LogP) is 4.37. The maximum absolute atomic E-state index is 12.8. The molecule has 2 nitrogen and oxygen atoms in total. The Morgan fingerprint density at radius 3 is 2.68 bits per heavy atom. The van der Waals surface area contributed by atoms with Crippen LogP contribution in [0.1, 0.15) is 23.6 Å². The summed E-state index contributed by atoms with van der Waals surface area (Å²) in [6.07, 6.45) is 0.961. The number of benzene rings is 2. The third kappa shape index (κ3) is 2.91. The van der Waals surface area contributed by atoms with Crippen LogP contribution in [0.4, 0.5) is 5.69 Å². The van der Waals surface area contributed by atoms with Crippen LogP contribution in [0.5, 0.6) is 0 Å². The number of thioether (sulfide) groups is 1. The van der Waals surface area contributed by atoms with Crippen molar-refractivity contribution in [2.24, 2.45) is 0 Å². The van der Waals surface area contributed by atoms with Crippen LogP contribution in [0.25, 0.3) is 0 Å². The van der Waals surface area contributed by atoms with E-state index in [2.05, 4.69) is 38.1 Å². The fraction of sp³-hybridized carbons (Fsp3) is 0.316. The van der Waals surface area contributed by atoms with Crippen molar-refractivity contribution < 1.29 is 4.79 Å². The maximum Gasteiger partial charge on any atom is 0.240 e. The summed E-state index contributed by atoms with van der Waals surface area (Å²) in [5.74, 6) is 0.202. The van der Waals surface area contributed by atoms with Gasteiger partial charge in [0.05, 0.1) is 5.25 Å². The Morgan fingerprint density at radius 2 is 1.91 bits per heavy atom. The first-order valence-electron chi connectivity index (χ1n) is 7.69. The summed E-state index contributed by atoms with van der Waals surface area (Å²) < 4.78 is 0. The van der Waals surface area contributed by atoms with Gasteiger partial charge in [0.15, 0.2) is 0 Å². The maximum atomic E-state index is 12.8. The van der Waals surface area contributed by atoms with Gasteiger partial charge in [0.1, 0.15) is 0 Å². The number of nitrogens with zero attached hydrogens (tertiary/aromatic N) is 1. The van der Waals surface area contributed by atoms with Crippen LogP contribution in [0, 0.1) is 13.8 Å². The van der Waals surface area contributed by atoms with Crippen molar-refractivity contribution in [2.75, 3.05) is 11.4 Å². The van der Waals surface area contributed by atoms with E-state index in [0.717, 1.165) is 23.5 Å². The third-order valence-corrected chi connectivity index (χ3v) is 5.37. The van der Waals surface area contributed by atoms with Crippen molar-refractivity contribution >= 4 is 23.4 Å². The molecule has 0 aromatic heterocycles. The molecular formula is C19H21NOS. The number of carbonyl (C=O) groups excluding carboxylic acids is 1. The zero-order valence-electron chi connectivity index (χ0n) is 13.3. The van der Waals surface area contributed by atoms with Crippen LogP contribution in [0.3, 0.4) is 0 Å². The molecule has 0 spiro atoms. The molecule has 0 bridgehead atoms. The Hall–Kier alpha value is -1.74. The average molecular weight is 311 g/mol. The molecule has 3 rings (SSSR count). The second kappa shape index (κ2) is 6.17. The van der Waals surface area contributed by atoms with Crippen molar-refractivity contribution in [3.05, 3.63) is 59.2 Å². The summed E-state index contributed by atoms with van der Waals surface area (Å²) in [6.45, 7) is 7.03. The molecule has 1 atom stereocenters. The van der Waals surface area contributed by atoms with Gasteiger partial charge in [-0.2, -0.15) is 0 Å². The van der Waals surface area contributed by atoms with E-state index in [0.29, 0.717) is 0 Å². The molecule has 1 heterocycles. The molecule has 1 aliphatic heterocycles. The number of hydrogen-bond donors (Lipinski definition) is 0. The number of amides is 1. The topological polar surface area (TPSA) is 20.3 Å². The summed E-state index contributed by atoms with van der Waals surface area (Å²) in [4.78, 5) is 15.9. The van der Waals surface area contributed by atoms with E-state index >= 15 is 0 Å². The highest BCUT2D eigenvalue weighted by atomic mass is 32.2. The molecular weight excluding hydrogens is 290 g/mol. The van der Waals surface area contributed by atoms with Crippen LogP contribution < -0.4 is 4.90 Å². The van der Waals surface area contributed by atoms with E-state index in [4.69, 9.17) is 0 Å². The minimum Gasteiger partial charge on any atom is -0.311 e. The van der Waals surface area contributed by atoms with Gasteiger partial charge in [0.2, 0.25) is 5.91 Å². The molecule has 0 radical (unpaired) electrons. The molecule has 1 amide bonds. The summed E-state index contributed by atoms with van der Waals surface area (Å²) >= 11 is 1.64. The fourth-order valence-electron chi connectivity index (χ4n) is 2.83. The van der Waals surface area contributed by atoms with Crippen LogP contribution in [-0.4, -0.2) is 17.7 Å². The molecule has 1 aliphatic rings. The fourth-order valence-corrected chi connectivity index (χ4v) is 3.86. The molecule has 1 unspecified atom stereocenters. The van der Waals surface area contributed by atoms with Crippen molar-refractivity contribution in [3.8, 4) is 0 Å². The minimum atomic E-state index is -0.0757. The van der Waals surface area contributed by atoms with Crippen LogP contribution in [0.2, 0.25) is 0 Å². The zero-order chi connectivity index (χ0) is 15.7. The van der Waals surface area contributed by atoms with Crippen molar-refractivity contribution in [2.45, 2.75) is 37.3 Å². The molecule has 2 aromatic rings. The molecule has 0 saturated carbocycles. The first-order valence-corrected chi connectivity index (χ1v) is 8.57. The van der Waals surface area contributed by atoms with Crippen molar-refractivity contribution in [1.82, 2.24) is 0 Å². The summed E-state index contributed by atoms with van der Waals surface area (Å²) in [5, 5.41) is -0.0757. The molecule has 3 heteroatoms. The number of aryl methyl sites for hydroxylation is 2. The Labute approximate surface area is 136 Å². The molecule has 0 N–H and O–H groups in total. The first kappa shape index (κ1) is 15.2. The van der Waals surface area contributed by atoms with E-state index in [9.17, 15) is 4.79 Å². The van der Waals surface area contributed by atoms with E-state index < -0.39 is 0 Å². The van der Waals surface area contributed by atoms with Crippen LogP contribution in [-0.2, 0) is 11.2 Å². The zero-order valence-corrected chi connectivity index (χ0v) is 14.1. The number of para-hydroxylation sites is 1. The number of rotatable bonds is 3. The SMILES string of the molecule is Cc1ccc(SC(C)C(=O)N2CCc3ccccc32)cc1C. The second-order valence-electron chi connectivity index (χ2n) is 5.87. The lowest BCUT2D eigenvalue weighted by atomic mass is 10.1. The molecule has 2 aromatic carbocycles. The van der Waals surface area contributed by atoms with Gasteiger partial charge in [0.25, 0.3) is 0 Å². The summed E-state index contributed by atoms with van der Waals surface area (Å²) in [7, 11) is 0. The highest BCUT2D eigenvalue weighted by Crippen LogP contribution is 2.32. The normalized spacial score (nSPS) is 14.8. The van der Waals surface area contributed by atoms with Crippen molar-refractivity contribution in [1.29, 1.82) is 0 Å². The van der Waals surface area contributed by atoms with Gasteiger partial charge in [-0.3, -0.25) is 4.79 Å². The minimum absolute atomic E-state index is 0.0757. The van der Waals surface area contributed by atoms with Gasteiger partial charge in [0, 0.05) is 17.1 Å². The standard InChI is InChI=1S/C19H21NOS/c1-13-8-9-17(12-14(13)2)22-15(3)19(21)20-11-10-16-6-4-5-7-18(16)20/h4-9,12,15H,10-11H2,1-3H3. The Kier molecular flexibility index (Phi) is 4.25. The highest BCUT2D eigenvalue weighted by Gasteiger charge is 2.28. The van der Waals surface area contributed by atoms with Gasteiger partial charge in [-0.25, -0.2) is 0 Å². The molecule has 0 saturated heterocycles. The molecule has 0 aliphatic carbocycles. The van der Waals surface area contributed by atoms with E-state index in [1.54, 1.807) is 11.8 Å². The predicted molar refractivity (Wildman–Crippen MR) is 93.7 cm³/mol. The lowest BCUT2D eigenvalue weighted by Gasteiger charge is -2.21. The van der Waals surface area contributed by atoms with Crippen molar-refractivity contribution in [3.63, 3.8) is 0 Å². The number of carbonyl (C=O) groups is 1. The Morgan fingerprint density at radius 1 is 1.14 bits per heavy atom. The highest BCUT2D eigenvalue weighted by molar-refractivity contribution is 8.00. The van der Waals surface area contributed by atoms with E-state index in [-0.39, 0.29) is 11.2 Å². The number of hydrogen-bond acceptors (Lipinski definition) is 2. The Balaban J connectivity index is 1.74. The molecule has 22 heavy (non-hydrogen) atoms. The van der Waals surface area contributed by atoms with Gasteiger partial charge in [-0.1, -0.05) is 24.3 Å². The lowest BCUT2D eigenvalue weighted by molar-refractivity contribution is -0.117. The summed E-state index contributed by atoms with van der Waals surface area (Å²) in [5.41, 5.74) is 4.92. The van der Waals surface area contributed by atoms with Gasteiger partial charge < -0.3 is 4.90 Å². The smallest absolute Gasteiger partial charge is 0.240 e. The monoisotopic (exact) mass is 311 g/mol. The van der Waals surface area contributed by atoms with Gasteiger partial charge in [-0.15, -0.1) is 11.8 Å². The van der Waals surface area contributed by atoms with Crippen LogP contribution >= 0.6 is 11.8 Å². The largest absolute Gasteiger partial charge is 0.311 e. The van der Waals surface area contributed by atoms with E-state index in [1.807, 2.05) is 30.0 Å². The number of anilines is 1.